The molecule has 0 bridgehead atoms. The van der Waals surface area contributed by atoms with Crippen LogP contribution in [0.15, 0.2) is 29.4 Å². The summed E-state index contributed by atoms with van der Waals surface area (Å²) in [4.78, 5) is 11.1. The standard InChI is InChI=1S/C6H10N4O4S.C6H4/c1-3-14-5(11)4-10-6(7-8-9-10)15(2,12)13;1-2-5-4-6(5)3-1/h3-4H2,1-2H3;1-4H. The molecule has 8 nitrogen and oxygen atoms in total. The van der Waals surface area contributed by atoms with Crippen molar-refractivity contribution in [2.45, 2.75) is 18.6 Å². The fraction of sp³-hybridized carbons (Fsp3) is 0.333. The van der Waals surface area contributed by atoms with E-state index in [2.05, 4.69) is 44.5 Å². The number of fused-ring (bicyclic) bond motifs is 1. The van der Waals surface area contributed by atoms with Gasteiger partial charge in [-0.3, -0.25) is 4.79 Å². The summed E-state index contributed by atoms with van der Waals surface area (Å²) in [5.41, 5.74) is 2.85. The number of esters is 1. The van der Waals surface area contributed by atoms with Gasteiger partial charge in [0.25, 0.3) is 5.16 Å². The number of aromatic nitrogens is 4. The number of hydrogen-bond donors (Lipinski definition) is 0. The highest BCUT2D eigenvalue weighted by molar-refractivity contribution is 7.90. The molecule has 0 radical (unpaired) electrons. The zero-order valence-corrected chi connectivity index (χ0v) is 12.4. The summed E-state index contributed by atoms with van der Waals surface area (Å²) in [5, 5.41) is 9.51. The highest BCUT2D eigenvalue weighted by Gasteiger charge is 2.19. The second kappa shape index (κ2) is 6.00. The molecule has 0 unspecified atom stereocenters. The smallest absolute Gasteiger partial charge is 0.327 e. The molecule has 0 saturated carbocycles. The zero-order chi connectivity index (χ0) is 15.5. The van der Waals surface area contributed by atoms with E-state index in [0.717, 1.165) is 10.9 Å². The molecule has 0 N–H and O–H groups in total. The Kier molecular flexibility index (Phi) is 4.32. The Bertz CT molecular complexity index is 737. The maximum absolute atomic E-state index is 11.1. The van der Waals surface area contributed by atoms with Crippen LogP contribution in [0.25, 0.3) is 11.1 Å². The minimum Gasteiger partial charge on any atom is -0.465 e. The molecular formula is C12H14N4O4S. The van der Waals surface area contributed by atoms with Crippen LogP contribution in [0.4, 0.5) is 0 Å². The summed E-state index contributed by atoms with van der Waals surface area (Å²) in [7, 11) is -3.53. The van der Waals surface area contributed by atoms with Gasteiger partial charge in [0.2, 0.25) is 9.84 Å². The average molecular weight is 310 g/mol. The van der Waals surface area contributed by atoms with Crippen molar-refractivity contribution in [2.24, 2.45) is 0 Å². The fourth-order valence-electron chi connectivity index (χ4n) is 1.57. The molecule has 0 aromatic carbocycles. The van der Waals surface area contributed by atoms with Crippen molar-refractivity contribution < 1.29 is 17.9 Å². The largest absolute Gasteiger partial charge is 0.465 e. The molecule has 2 aliphatic rings. The normalized spacial score (nSPS) is 11.3. The molecule has 21 heavy (non-hydrogen) atoms. The van der Waals surface area contributed by atoms with Crippen LogP contribution >= 0.6 is 0 Å². The van der Waals surface area contributed by atoms with Crippen molar-refractivity contribution in [2.75, 3.05) is 12.9 Å². The lowest BCUT2D eigenvalue weighted by atomic mass is 10.6. The summed E-state index contributed by atoms with van der Waals surface area (Å²) in [6, 6.07) is 8.48. The van der Waals surface area contributed by atoms with E-state index < -0.39 is 15.8 Å². The summed E-state index contributed by atoms with van der Waals surface area (Å²) < 4.78 is 27.8. The van der Waals surface area contributed by atoms with Gasteiger partial charge in [-0.1, -0.05) is 23.3 Å². The summed E-state index contributed by atoms with van der Waals surface area (Å²) in [5.74, 6) is -0.588. The molecule has 112 valence electrons. The Morgan fingerprint density at radius 2 is 2.00 bits per heavy atom. The molecule has 9 heteroatoms. The van der Waals surface area contributed by atoms with Gasteiger partial charge in [-0.2, -0.15) is 0 Å². The molecule has 0 saturated heterocycles. The van der Waals surface area contributed by atoms with Crippen molar-refractivity contribution in [3.05, 3.63) is 24.3 Å². The number of benzene rings is 1. The third-order valence-electron chi connectivity index (χ3n) is 2.53. The molecular weight excluding hydrogens is 296 g/mol. The molecule has 0 fully saturated rings. The van der Waals surface area contributed by atoms with E-state index in [-0.39, 0.29) is 18.3 Å². The van der Waals surface area contributed by atoms with E-state index >= 15 is 0 Å². The van der Waals surface area contributed by atoms with Crippen LogP contribution in [-0.2, 0) is 25.9 Å². The van der Waals surface area contributed by atoms with Crippen molar-refractivity contribution in [3.8, 4) is 11.1 Å². The third-order valence-corrected chi connectivity index (χ3v) is 3.48. The van der Waals surface area contributed by atoms with Crippen LogP contribution in [0.2, 0.25) is 0 Å². The van der Waals surface area contributed by atoms with Crippen molar-refractivity contribution in [1.29, 1.82) is 0 Å². The summed E-state index contributed by atoms with van der Waals surface area (Å²) >= 11 is 0. The first-order valence-corrected chi connectivity index (χ1v) is 8.03. The fourth-order valence-corrected chi connectivity index (χ4v) is 2.23. The molecule has 2 aliphatic carbocycles. The number of rotatable bonds is 4. The lowest BCUT2D eigenvalue weighted by molar-refractivity contribution is -0.144. The molecule has 3 rings (SSSR count). The molecule has 1 aromatic rings. The Morgan fingerprint density at radius 3 is 2.43 bits per heavy atom. The van der Waals surface area contributed by atoms with E-state index in [1.807, 2.05) is 0 Å². The first-order valence-electron chi connectivity index (χ1n) is 6.14. The van der Waals surface area contributed by atoms with Crippen LogP contribution in [0.5, 0.6) is 0 Å². The predicted octanol–water partition coefficient (Wildman–Crippen LogP) is 0.307. The van der Waals surface area contributed by atoms with Crippen molar-refractivity contribution in [3.63, 3.8) is 0 Å². The van der Waals surface area contributed by atoms with Crippen LogP contribution in [0.3, 0.4) is 0 Å². The van der Waals surface area contributed by atoms with Gasteiger partial charge in [0.15, 0.2) is 0 Å². The summed E-state index contributed by atoms with van der Waals surface area (Å²) in [6.07, 6.45) is 0.959. The highest BCUT2D eigenvalue weighted by Crippen LogP contribution is 2.32. The first-order chi connectivity index (χ1) is 9.91. The zero-order valence-electron chi connectivity index (χ0n) is 11.6. The van der Waals surface area contributed by atoms with Gasteiger partial charge in [-0.15, -0.1) is 0 Å². The number of sulfone groups is 1. The average Bonchev–Trinajstić information content (AvgIpc) is 2.81. The van der Waals surface area contributed by atoms with Crippen molar-refractivity contribution in [1.82, 2.24) is 20.2 Å². The minimum atomic E-state index is -3.53. The number of carbonyl (C=O) groups excluding carboxylic acids is 1. The van der Waals surface area contributed by atoms with Crippen LogP contribution in [0.1, 0.15) is 6.92 Å². The van der Waals surface area contributed by atoms with Crippen LogP contribution < -0.4 is 0 Å². The first kappa shape index (κ1) is 15.1. The van der Waals surface area contributed by atoms with E-state index in [1.165, 1.54) is 11.1 Å². The second-order valence-electron chi connectivity index (χ2n) is 4.28. The van der Waals surface area contributed by atoms with Gasteiger partial charge >= 0.3 is 5.97 Å². The lowest BCUT2D eigenvalue weighted by Crippen LogP contribution is -2.18. The Hall–Kier alpha value is -2.29. The second-order valence-corrected chi connectivity index (χ2v) is 6.19. The topological polar surface area (TPSA) is 104 Å². The van der Waals surface area contributed by atoms with Crippen molar-refractivity contribution >= 4 is 15.8 Å². The van der Waals surface area contributed by atoms with Crippen LogP contribution in [0, 0.1) is 0 Å². The highest BCUT2D eigenvalue weighted by atomic mass is 32.2. The van der Waals surface area contributed by atoms with Gasteiger partial charge in [-0.25, -0.2) is 13.1 Å². The van der Waals surface area contributed by atoms with E-state index in [0.29, 0.717) is 0 Å². The van der Waals surface area contributed by atoms with E-state index in [4.69, 9.17) is 0 Å². The third kappa shape index (κ3) is 4.09. The van der Waals surface area contributed by atoms with Gasteiger partial charge in [0.05, 0.1) is 6.61 Å². The Labute approximate surface area is 121 Å². The molecule has 0 amide bonds. The van der Waals surface area contributed by atoms with Gasteiger partial charge in [0, 0.05) is 6.26 Å². The summed E-state index contributed by atoms with van der Waals surface area (Å²) in [6.45, 7) is 1.55. The van der Waals surface area contributed by atoms with Gasteiger partial charge in [0.1, 0.15) is 6.54 Å². The Morgan fingerprint density at radius 1 is 1.33 bits per heavy atom. The molecule has 0 aliphatic heterocycles. The number of hydrogen-bond acceptors (Lipinski definition) is 7. The minimum absolute atomic E-state index is 0.217. The number of nitrogens with zero attached hydrogens (tertiary/aromatic N) is 4. The monoisotopic (exact) mass is 310 g/mol. The predicted molar refractivity (Wildman–Crippen MR) is 73.0 cm³/mol. The lowest BCUT2D eigenvalue weighted by Gasteiger charge is -2.02. The van der Waals surface area contributed by atoms with Crippen LogP contribution in [-0.4, -0.2) is 47.5 Å². The van der Waals surface area contributed by atoms with E-state index in [9.17, 15) is 13.2 Å². The molecule has 0 atom stereocenters. The maximum atomic E-state index is 11.1. The van der Waals surface area contributed by atoms with Gasteiger partial charge in [-0.05, 0) is 34.5 Å². The molecule has 1 aromatic heterocycles. The quantitative estimate of drug-likeness (QED) is 0.638. The maximum Gasteiger partial charge on any atom is 0.327 e. The number of carbonyl (C=O) groups is 1. The Balaban J connectivity index is 0.000000218. The van der Waals surface area contributed by atoms with E-state index in [1.54, 1.807) is 6.92 Å². The SMILES string of the molecule is CCOC(=O)Cn1nnnc1S(C)(=O)=O.c1cc2cc-2c1. The van der Waals surface area contributed by atoms with Gasteiger partial charge < -0.3 is 4.74 Å². The molecule has 1 heterocycles. The molecule has 0 spiro atoms. The number of ether oxygens (including phenoxy) is 1. The number of tetrazole rings is 1.